The van der Waals surface area contributed by atoms with Crippen molar-refractivity contribution < 1.29 is 9.47 Å². The van der Waals surface area contributed by atoms with E-state index in [1.807, 2.05) is 0 Å². The van der Waals surface area contributed by atoms with E-state index in [2.05, 4.69) is 6.58 Å². The Bertz CT molecular complexity index is 146. The average Bonchev–Trinajstić information content (AvgIpc) is 2.35. The monoisotopic (exact) mass is 242 g/mol. The normalized spacial score (nSPS) is 10.4. The van der Waals surface area contributed by atoms with E-state index in [1.165, 1.54) is 70.5 Å². The van der Waals surface area contributed by atoms with E-state index in [0.717, 1.165) is 13.2 Å². The van der Waals surface area contributed by atoms with E-state index < -0.39 is 0 Å². The molecule has 0 N–H and O–H groups in total. The molecule has 0 spiro atoms. The average molecular weight is 242 g/mol. The Morgan fingerprint density at radius 2 is 1.12 bits per heavy atom. The van der Waals surface area contributed by atoms with E-state index in [0.29, 0.717) is 0 Å². The van der Waals surface area contributed by atoms with Crippen LogP contribution in [0.2, 0.25) is 0 Å². The number of rotatable bonds is 14. The molecule has 0 amide bonds. The summed E-state index contributed by atoms with van der Waals surface area (Å²) in [6.45, 7) is 5.28. The van der Waals surface area contributed by atoms with Gasteiger partial charge in [0.15, 0.2) is 0 Å². The smallest absolute Gasteiger partial charge is 0.0873 e. The van der Waals surface area contributed by atoms with Crippen molar-refractivity contribution in [1.29, 1.82) is 0 Å². The first-order valence-electron chi connectivity index (χ1n) is 7.13. The second kappa shape index (κ2) is 15.5. The lowest BCUT2D eigenvalue weighted by molar-refractivity contribution is 0.192. The molecule has 0 aromatic heterocycles. The fourth-order valence-electron chi connectivity index (χ4n) is 1.93. The number of hydrogen-bond acceptors (Lipinski definition) is 2. The second-order valence-electron chi connectivity index (χ2n) is 4.57. The molecule has 0 radical (unpaired) electrons. The third-order valence-corrected chi connectivity index (χ3v) is 2.98. The van der Waals surface area contributed by atoms with Crippen LogP contribution in [0.15, 0.2) is 12.8 Å². The maximum atomic E-state index is 5.08. The number of hydrogen-bond donors (Lipinski definition) is 0. The zero-order valence-electron chi connectivity index (χ0n) is 11.6. The first-order valence-corrected chi connectivity index (χ1v) is 7.13. The largest absolute Gasteiger partial charge is 0.502 e. The predicted molar refractivity (Wildman–Crippen MR) is 74.2 cm³/mol. The van der Waals surface area contributed by atoms with E-state index >= 15 is 0 Å². The van der Waals surface area contributed by atoms with Crippen LogP contribution in [0.25, 0.3) is 0 Å². The third-order valence-electron chi connectivity index (χ3n) is 2.98. The van der Waals surface area contributed by atoms with E-state index in [9.17, 15) is 0 Å². The molecule has 0 saturated heterocycles. The maximum absolute atomic E-state index is 5.08. The molecule has 0 aliphatic carbocycles. The van der Waals surface area contributed by atoms with Crippen LogP contribution in [-0.2, 0) is 9.47 Å². The highest BCUT2D eigenvalue weighted by Gasteiger charge is 1.93. The fraction of sp³-hybridized carbons (Fsp3) is 0.867. The minimum absolute atomic E-state index is 0.836. The van der Waals surface area contributed by atoms with Crippen LogP contribution in [0.4, 0.5) is 0 Å². The summed E-state index contributed by atoms with van der Waals surface area (Å²) in [5.41, 5.74) is 0. The summed E-state index contributed by atoms with van der Waals surface area (Å²) in [6.07, 6.45) is 14.8. The first kappa shape index (κ1) is 16.5. The summed E-state index contributed by atoms with van der Waals surface area (Å²) in [4.78, 5) is 0. The Kier molecular flexibility index (Phi) is 15.0. The van der Waals surface area contributed by atoms with Crippen LogP contribution < -0.4 is 0 Å². The lowest BCUT2D eigenvalue weighted by Gasteiger charge is -2.03. The Hall–Kier alpha value is -0.500. The van der Waals surface area contributed by atoms with Gasteiger partial charge in [-0.1, -0.05) is 57.9 Å². The quantitative estimate of drug-likeness (QED) is 0.325. The summed E-state index contributed by atoms with van der Waals surface area (Å²) in [5, 5.41) is 0. The van der Waals surface area contributed by atoms with Crippen molar-refractivity contribution in [1.82, 2.24) is 0 Å². The molecule has 17 heavy (non-hydrogen) atoms. The Labute approximate surface area is 107 Å². The Morgan fingerprint density at radius 3 is 1.53 bits per heavy atom. The molecule has 0 saturated carbocycles. The second-order valence-corrected chi connectivity index (χ2v) is 4.57. The van der Waals surface area contributed by atoms with E-state index in [4.69, 9.17) is 9.47 Å². The van der Waals surface area contributed by atoms with Crippen LogP contribution >= 0.6 is 0 Å². The highest BCUT2D eigenvalue weighted by Crippen LogP contribution is 2.10. The van der Waals surface area contributed by atoms with Gasteiger partial charge in [0.1, 0.15) is 0 Å². The summed E-state index contributed by atoms with van der Waals surface area (Å²) in [7, 11) is 1.78. The zero-order valence-corrected chi connectivity index (χ0v) is 11.6. The molecule has 0 bridgehead atoms. The van der Waals surface area contributed by atoms with Crippen molar-refractivity contribution in [2.45, 2.75) is 64.2 Å². The highest BCUT2D eigenvalue weighted by molar-refractivity contribution is 4.50. The van der Waals surface area contributed by atoms with Crippen molar-refractivity contribution >= 4 is 0 Å². The molecule has 2 heteroatoms. The molecule has 0 unspecified atom stereocenters. The summed E-state index contributed by atoms with van der Waals surface area (Å²) >= 11 is 0. The van der Waals surface area contributed by atoms with Crippen molar-refractivity contribution in [3.05, 3.63) is 12.8 Å². The Morgan fingerprint density at radius 1 is 0.706 bits per heavy atom. The van der Waals surface area contributed by atoms with Gasteiger partial charge in [0, 0.05) is 13.7 Å². The summed E-state index contributed by atoms with van der Waals surface area (Å²) in [5.74, 6) is 0. The Balaban J connectivity index is 2.87. The minimum Gasteiger partial charge on any atom is -0.502 e. The van der Waals surface area contributed by atoms with Crippen LogP contribution in [0.5, 0.6) is 0 Å². The van der Waals surface area contributed by atoms with Gasteiger partial charge in [-0.2, -0.15) is 0 Å². The van der Waals surface area contributed by atoms with Crippen LogP contribution in [0.3, 0.4) is 0 Å². The van der Waals surface area contributed by atoms with E-state index in [-0.39, 0.29) is 0 Å². The molecule has 2 nitrogen and oxygen atoms in total. The van der Waals surface area contributed by atoms with Crippen LogP contribution in [0.1, 0.15) is 64.2 Å². The molecule has 0 aliphatic rings. The summed E-state index contributed by atoms with van der Waals surface area (Å²) in [6, 6.07) is 0. The molecule has 0 heterocycles. The predicted octanol–water partition coefficient (Wildman–Crippen LogP) is 4.69. The van der Waals surface area contributed by atoms with Crippen molar-refractivity contribution in [2.75, 3.05) is 20.3 Å². The third kappa shape index (κ3) is 15.5. The van der Waals surface area contributed by atoms with Crippen molar-refractivity contribution in [3.63, 3.8) is 0 Å². The SMILES string of the molecule is C=COCCCCCCCCCCCCOC. The number of unbranched alkanes of at least 4 members (excludes halogenated alkanes) is 9. The van der Waals surface area contributed by atoms with Gasteiger partial charge in [-0.3, -0.25) is 0 Å². The van der Waals surface area contributed by atoms with Crippen molar-refractivity contribution in [3.8, 4) is 0 Å². The molecule has 102 valence electrons. The number of methoxy groups -OCH3 is 1. The van der Waals surface area contributed by atoms with Gasteiger partial charge < -0.3 is 9.47 Å². The van der Waals surface area contributed by atoms with Gasteiger partial charge in [0.25, 0.3) is 0 Å². The lowest BCUT2D eigenvalue weighted by Crippen LogP contribution is -1.89. The summed E-state index contributed by atoms with van der Waals surface area (Å²) < 4.78 is 10.1. The molecular formula is C15H30O2. The fourth-order valence-corrected chi connectivity index (χ4v) is 1.93. The number of ether oxygens (including phenoxy) is 2. The molecule has 0 aliphatic heterocycles. The lowest BCUT2D eigenvalue weighted by atomic mass is 10.1. The van der Waals surface area contributed by atoms with Gasteiger partial charge in [-0.25, -0.2) is 0 Å². The molecule has 0 fully saturated rings. The van der Waals surface area contributed by atoms with Gasteiger partial charge in [-0.15, -0.1) is 0 Å². The van der Waals surface area contributed by atoms with Crippen LogP contribution in [0, 0.1) is 0 Å². The highest BCUT2D eigenvalue weighted by atomic mass is 16.5. The molecule has 0 aromatic rings. The van der Waals surface area contributed by atoms with Gasteiger partial charge in [0.2, 0.25) is 0 Å². The minimum atomic E-state index is 0.836. The maximum Gasteiger partial charge on any atom is 0.0873 e. The van der Waals surface area contributed by atoms with Crippen molar-refractivity contribution in [2.24, 2.45) is 0 Å². The van der Waals surface area contributed by atoms with E-state index in [1.54, 1.807) is 7.11 Å². The zero-order chi connectivity index (χ0) is 12.6. The molecule has 0 atom stereocenters. The molecular weight excluding hydrogens is 212 g/mol. The first-order chi connectivity index (χ1) is 8.41. The molecule has 0 rings (SSSR count). The van der Waals surface area contributed by atoms with Crippen LogP contribution in [-0.4, -0.2) is 20.3 Å². The molecule has 0 aromatic carbocycles. The van der Waals surface area contributed by atoms with Gasteiger partial charge in [-0.05, 0) is 12.8 Å². The standard InChI is InChI=1S/C15H30O2/c1-3-17-15-13-11-9-7-5-4-6-8-10-12-14-16-2/h3H,1,4-15H2,2H3. The van der Waals surface area contributed by atoms with Gasteiger partial charge >= 0.3 is 0 Å². The topological polar surface area (TPSA) is 18.5 Å². The van der Waals surface area contributed by atoms with Gasteiger partial charge in [0.05, 0.1) is 12.9 Å².